The first-order valence-electron chi connectivity index (χ1n) is 11.1. The smallest absolute Gasteiger partial charge is 0.225 e. The number of anilines is 1. The molecule has 1 amide bonds. The van der Waals surface area contributed by atoms with Gasteiger partial charge in [-0.1, -0.05) is 0 Å². The molecule has 28 heavy (non-hydrogen) atoms. The number of thiophene rings is 1. The summed E-state index contributed by atoms with van der Waals surface area (Å²) in [6.07, 6.45) is 10.7. The van der Waals surface area contributed by atoms with Crippen molar-refractivity contribution < 1.29 is 4.79 Å². The molecule has 2 aromatic heterocycles. The summed E-state index contributed by atoms with van der Waals surface area (Å²) < 4.78 is 0. The monoisotopic (exact) mass is 396 g/mol. The first-order valence-corrected chi connectivity index (χ1v) is 12.0. The highest BCUT2D eigenvalue weighted by Crippen LogP contribution is 2.44. The van der Waals surface area contributed by atoms with E-state index in [0.29, 0.717) is 17.7 Å². The lowest BCUT2D eigenvalue weighted by molar-refractivity contribution is -0.132. The fourth-order valence-electron chi connectivity index (χ4n) is 4.85. The van der Waals surface area contributed by atoms with Crippen molar-refractivity contribution in [2.75, 3.05) is 31.1 Å². The minimum absolute atomic E-state index is 0.322. The molecule has 148 valence electrons. The van der Waals surface area contributed by atoms with Crippen molar-refractivity contribution >= 4 is 33.3 Å². The lowest BCUT2D eigenvalue weighted by Crippen LogP contribution is -2.36. The minimum Gasteiger partial charge on any atom is -0.354 e. The van der Waals surface area contributed by atoms with Crippen molar-refractivity contribution in [3.63, 3.8) is 0 Å². The summed E-state index contributed by atoms with van der Waals surface area (Å²) in [5.41, 5.74) is 1.53. The van der Waals surface area contributed by atoms with Gasteiger partial charge >= 0.3 is 0 Å². The molecular formula is C22H28N4OS. The average molecular weight is 397 g/mol. The predicted octanol–water partition coefficient (Wildman–Crippen LogP) is 3.90. The zero-order chi connectivity index (χ0) is 18.7. The molecule has 3 aliphatic carbocycles. The third-order valence-corrected chi connectivity index (χ3v) is 7.97. The molecule has 1 aliphatic heterocycles. The maximum absolute atomic E-state index is 12.6. The van der Waals surface area contributed by atoms with Gasteiger partial charge in [-0.05, 0) is 63.4 Å². The Labute approximate surface area is 170 Å². The summed E-state index contributed by atoms with van der Waals surface area (Å²) in [5.74, 6) is 3.52. The van der Waals surface area contributed by atoms with E-state index in [1.54, 1.807) is 4.88 Å². The number of aromatic nitrogens is 2. The van der Waals surface area contributed by atoms with Crippen molar-refractivity contribution in [3.8, 4) is 0 Å². The normalized spacial score (nSPS) is 23.0. The molecule has 0 atom stereocenters. The van der Waals surface area contributed by atoms with Crippen molar-refractivity contribution in [2.45, 2.75) is 63.7 Å². The molecule has 5 nitrogen and oxygen atoms in total. The lowest BCUT2D eigenvalue weighted by Gasteiger charge is -2.24. The van der Waals surface area contributed by atoms with E-state index < -0.39 is 0 Å². The summed E-state index contributed by atoms with van der Waals surface area (Å²) in [4.78, 5) is 30.1. The van der Waals surface area contributed by atoms with E-state index in [2.05, 4.69) is 9.80 Å². The van der Waals surface area contributed by atoms with Crippen molar-refractivity contribution in [1.29, 1.82) is 0 Å². The zero-order valence-corrected chi connectivity index (χ0v) is 17.3. The fourth-order valence-corrected chi connectivity index (χ4v) is 6.11. The summed E-state index contributed by atoms with van der Waals surface area (Å²) in [7, 11) is 0. The van der Waals surface area contributed by atoms with Crippen molar-refractivity contribution in [1.82, 2.24) is 14.9 Å². The second-order valence-electron chi connectivity index (χ2n) is 9.01. The molecule has 6 rings (SSSR count). The number of amides is 1. The van der Waals surface area contributed by atoms with Crippen LogP contribution in [0, 0.1) is 5.92 Å². The number of rotatable bonds is 3. The minimum atomic E-state index is 0.322. The molecule has 0 N–H and O–H groups in total. The number of carbonyl (C=O) groups is 1. The van der Waals surface area contributed by atoms with Gasteiger partial charge in [0.25, 0.3) is 0 Å². The van der Waals surface area contributed by atoms with Crippen LogP contribution in [0.25, 0.3) is 10.2 Å². The third-order valence-electron chi connectivity index (χ3n) is 6.79. The standard InChI is InChI=1S/C22H28N4OS/c27-22(15-8-9-15)26-11-3-10-25(12-13-26)20-18-16-4-1-2-5-17(16)28-21(18)24-19(23-20)14-6-7-14/h14-15H,1-13H2. The third kappa shape index (κ3) is 3.00. The predicted molar refractivity (Wildman–Crippen MR) is 112 cm³/mol. The lowest BCUT2D eigenvalue weighted by atomic mass is 9.97. The number of hydrogen-bond donors (Lipinski definition) is 0. The molecule has 3 heterocycles. The molecule has 0 spiro atoms. The van der Waals surface area contributed by atoms with Gasteiger partial charge in [0.15, 0.2) is 0 Å². The first kappa shape index (κ1) is 17.2. The molecule has 6 heteroatoms. The van der Waals surface area contributed by atoms with Gasteiger partial charge in [0.2, 0.25) is 5.91 Å². The van der Waals surface area contributed by atoms with E-state index in [0.717, 1.165) is 51.3 Å². The van der Waals surface area contributed by atoms with E-state index >= 15 is 0 Å². The van der Waals surface area contributed by atoms with Crippen LogP contribution >= 0.6 is 11.3 Å². The molecule has 0 unspecified atom stereocenters. The van der Waals surface area contributed by atoms with Gasteiger partial charge in [0, 0.05) is 42.9 Å². The first-order chi connectivity index (χ1) is 13.8. The molecule has 3 fully saturated rings. The van der Waals surface area contributed by atoms with Crippen LogP contribution in [0.15, 0.2) is 0 Å². The summed E-state index contributed by atoms with van der Waals surface area (Å²) in [5, 5.41) is 1.34. The topological polar surface area (TPSA) is 49.3 Å². The van der Waals surface area contributed by atoms with Crippen molar-refractivity contribution in [3.05, 3.63) is 16.3 Å². The Kier molecular flexibility index (Phi) is 4.10. The van der Waals surface area contributed by atoms with Crippen LogP contribution in [0.2, 0.25) is 0 Å². The largest absolute Gasteiger partial charge is 0.354 e. The molecule has 0 aromatic carbocycles. The van der Waals surface area contributed by atoms with E-state index in [-0.39, 0.29) is 0 Å². The molecule has 0 radical (unpaired) electrons. The Morgan fingerprint density at radius 2 is 1.79 bits per heavy atom. The van der Waals surface area contributed by atoms with Crippen LogP contribution in [0.4, 0.5) is 5.82 Å². The van der Waals surface area contributed by atoms with E-state index in [9.17, 15) is 4.79 Å². The van der Waals surface area contributed by atoms with Crippen LogP contribution in [0.3, 0.4) is 0 Å². The van der Waals surface area contributed by atoms with Crippen LogP contribution in [-0.2, 0) is 17.6 Å². The van der Waals surface area contributed by atoms with Gasteiger partial charge in [-0.3, -0.25) is 4.79 Å². The van der Waals surface area contributed by atoms with Gasteiger partial charge in [0.1, 0.15) is 16.5 Å². The SMILES string of the molecule is O=C(C1CC1)N1CCCN(c2nc(C3CC3)nc3sc4c(c23)CCCC4)CC1. The Morgan fingerprint density at radius 3 is 2.61 bits per heavy atom. The van der Waals surface area contributed by atoms with E-state index in [4.69, 9.17) is 9.97 Å². The van der Waals surface area contributed by atoms with Gasteiger partial charge in [-0.15, -0.1) is 11.3 Å². The molecular weight excluding hydrogens is 368 g/mol. The van der Waals surface area contributed by atoms with Crippen LogP contribution in [0.5, 0.6) is 0 Å². The maximum Gasteiger partial charge on any atom is 0.225 e. The molecule has 4 aliphatic rings. The van der Waals surface area contributed by atoms with Crippen LogP contribution in [-0.4, -0.2) is 47.0 Å². The molecule has 0 bridgehead atoms. The summed E-state index contributed by atoms with van der Waals surface area (Å²) in [6, 6.07) is 0. The Morgan fingerprint density at radius 1 is 0.929 bits per heavy atom. The summed E-state index contributed by atoms with van der Waals surface area (Å²) in [6.45, 7) is 3.64. The van der Waals surface area contributed by atoms with Gasteiger partial charge in [0.05, 0.1) is 5.39 Å². The quantitative estimate of drug-likeness (QED) is 0.790. The number of aryl methyl sites for hydroxylation is 2. The second-order valence-corrected chi connectivity index (χ2v) is 10.1. The molecule has 2 saturated carbocycles. The number of fused-ring (bicyclic) bond motifs is 3. The van der Waals surface area contributed by atoms with Gasteiger partial charge in [-0.2, -0.15) is 0 Å². The fraction of sp³-hybridized carbons (Fsp3) is 0.682. The molecule has 2 aromatic rings. The van der Waals surface area contributed by atoms with Crippen LogP contribution < -0.4 is 4.90 Å². The zero-order valence-electron chi connectivity index (χ0n) is 16.5. The highest BCUT2D eigenvalue weighted by molar-refractivity contribution is 7.19. The number of hydrogen-bond acceptors (Lipinski definition) is 5. The van der Waals surface area contributed by atoms with Gasteiger partial charge < -0.3 is 9.80 Å². The Bertz CT molecular complexity index is 930. The second kappa shape index (κ2) is 6.68. The average Bonchev–Trinajstić information content (AvgIpc) is 3.61. The number of carbonyl (C=O) groups excluding carboxylic acids is 1. The Hall–Kier alpha value is -1.69. The maximum atomic E-state index is 12.6. The van der Waals surface area contributed by atoms with E-state index in [1.807, 2.05) is 11.3 Å². The highest BCUT2D eigenvalue weighted by Gasteiger charge is 2.35. The summed E-state index contributed by atoms with van der Waals surface area (Å²) >= 11 is 1.92. The van der Waals surface area contributed by atoms with Crippen molar-refractivity contribution in [2.24, 2.45) is 5.92 Å². The van der Waals surface area contributed by atoms with E-state index in [1.165, 1.54) is 60.1 Å². The van der Waals surface area contributed by atoms with Crippen LogP contribution in [0.1, 0.15) is 67.1 Å². The molecule has 1 saturated heterocycles. The highest BCUT2D eigenvalue weighted by atomic mass is 32.1. The number of nitrogens with zero attached hydrogens (tertiary/aromatic N) is 4. The Balaban J connectivity index is 1.37. The van der Waals surface area contributed by atoms with Gasteiger partial charge in [-0.25, -0.2) is 9.97 Å².